The van der Waals surface area contributed by atoms with Gasteiger partial charge in [0.2, 0.25) is 0 Å². The van der Waals surface area contributed by atoms with E-state index in [2.05, 4.69) is 62.5 Å². The molecule has 1 atom stereocenters. The summed E-state index contributed by atoms with van der Waals surface area (Å²) in [6.07, 6.45) is 2.30. The molecule has 1 aromatic heterocycles. The molecule has 1 heterocycles. The van der Waals surface area contributed by atoms with Crippen molar-refractivity contribution in [2.24, 2.45) is 0 Å². The van der Waals surface area contributed by atoms with Crippen LogP contribution in [0.25, 0.3) is 10.4 Å². The number of aryl methyl sites for hydroxylation is 1. The summed E-state index contributed by atoms with van der Waals surface area (Å²) in [5.74, 6) is 0. The highest BCUT2D eigenvalue weighted by atomic mass is 32.1. The van der Waals surface area contributed by atoms with Crippen LogP contribution in [0.2, 0.25) is 0 Å². The van der Waals surface area contributed by atoms with Crippen molar-refractivity contribution in [2.75, 3.05) is 6.54 Å². The fraction of sp³-hybridized carbons (Fsp3) is 0.412. The van der Waals surface area contributed by atoms with E-state index in [4.69, 9.17) is 0 Å². The second-order valence-corrected chi connectivity index (χ2v) is 6.45. The van der Waals surface area contributed by atoms with Crippen LogP contribution in [0.5, 0.6) is 0 Å². The van der Waals surface area contributed by atoms with Gasteiger partial charge >= 0.3 is 0 Å². The normalized spacial score (nSPS) is 12.6. The smallest absolute Gasteiger partial charge is 0.0345 e. The molecule has 2 aromatic rings. The second-order valence-electron chi connectivity index (χ2n) is 5.17. The third-order valence-corrected chi connectivity index (χ3v) is 4.31. The van der Waals surface area contributed by atoms with Crippen molar-refractivity contribution in [3.63, 3.8) is 0 Å². The molecule has 0 radical (unpaired) electrons. The summed E-state index contributed by atoms with van der Waals surface area (Å²) in [5.41, 5.74) is 2.74. The zero-order valence-corrected chi connectivity index (χ0v) is 12.9. The van der Waals surface area contributed by atoms with Crippen molar-refractivity contribution in [3.05, 3.63) is 46.8 Å². The Labute approximate surface area is 120 Å². The average molecular weight is 273 g/mol. The van der Waals surface area contributed by atoms with E-state index in [1.54, 1.807) is 0 Å². The van der Waals surface area contributed by atoms with E-state index < -0.39 is 0 Å². The van der Waals surface area contributed by atoms with Gasteiger partial charge in [0.05, 0.1) is 0 Å². The topological polar surface area (TPSA) is 12.0 Å². The van der Waals surface area contributed by atoms with Crippen LogP contribution >= 0.6 is 11.3 Å². The largest absolute Gasteiger partial charge is 0.314 e. The molecular formula is C17H23NS. The predicted octanol–water partition coefficient (Wildman–Crippen LogP) is 4.65. The van der Waals surface area contributed by atoms with Gasteiger partial charge in [0, 0.05) is 15.8 Å². The SMILES string of the molecule is CCCNC(C)Cc1ccc(-c2ccc(C)s2)cc1. The van der Waals surface area contributed by atoms with Gasteiger partial charge in [-0.25, -0.2) is 0 Å². The Morgan fingerprint density at radius 2 is 1.84 bits per heavy atom. The number of thiophene rings is 1. The van der Waals surface area contributed by atoms with Gasteiger partial charge < -0.3 is 5.32 Å². The monoisotopic (exact) mass is 273 g/mol. The predicted molar refractivity (Wildman–Crippen MR) is 86.0 cm³/mol. The highest BCUT2D eigenvalue weighted by Gasteiger charge is 2.04. The lowest BCUT2D eigenvalue weighted by Gasteiger charge is -2.13. The molecule has 1 aromatic carbocycles. The molecule has 1 N–H and O–H groups in total. The molecule has 19 heavy (non-hydrogen) atoms. The van der Waals surface area contributed by atoms with Crippen LogP contribution in [0.3, 0.4) is 0 Å². The maximum absolute atomic E-state index is 3.53. The third kappa shape index (κ3) is 4.19. The van der Waals surface area contributed by atoms with Crippen LogP contribution in [0.15, 0.2) is 36.4 Å². The summed E-state index contributed by atoms with van der Waals surface area (Å²) in [7, 11) is 0. The molecule has 102 valence electrons. The van der Waals surface area contributed by atoms with E-state index >= 15 is 0 Å². The van der Waals surface area contributed by atoms with Crippen LogP contribution in [0, 0.1) is 6.92 Å². The van der Waals surface area contributed by atoms with E-state index in [1.807, 2.05) is 11.3 Å². The Bertz CT molecular complexity index is 498. The van der Waals surface area contributed by atoms with Crippen LogP contribution in [0.4, 0.5) is 0 Å². The fourth-order valence-corrected chi connectivity index (χ4v) is 3.08. The molecule has 1 unspecified atom stereocenters. The highest BCUT2D eigenvalue weighted by Crippen LogP contribution is 2.27. The van der Waals surface area contributed by atoms with Crippen LogP contribution < -0.4 is 5.32 Å². The zero-order chi connectivity index (χ0) is 13.7. The lowest BCUT2D eigenvalue weighted by molar-refractivity contribution is 0.543. The Hall–Kier alpha value is -1.12. The van der Waals surface area contributed by atoms with Gasteiger partial charge in [-0.05, 0) is 56.5 Å². The molecule has 0 aliphatic carbocycles. The minimum atomic E-state index is 0.551. The standard InChI is InChI=1S/C17H23NS/c1-4-11-18-13(2)12-15-6-8-16(9-7-15)17-10-5-14(3)19-17/h5-10,13,18H,4,11-12H2,1-3H3. The first-order valence-corrected chi connectivity index (χ1v) is 7.90. The maximum atomic E-state index is 3.53. The molecule has 0 bridgehead atoms. The van der Waals surface area contributed by atoms with Crippen molar-refractivity contribution in [1.29, 1.82) is 0 Å². The number of nitrogens with one attached hydrogen (secondary N) is 1. The lowest BCUT2D eigenvalue weighted by Crippen LogP contribution is -2.28. The molecule has 0 spiro atoms. The number of rotatable bonds is 6. The molecule has 0 saturated heterocycles. The van der Waals surface area contributed by atoms with Crippen LogP contribution in [-0.4, -0.2) is 12.6 Å². The minimum Gasteiger partial charge on any atom is -0.314 e. The molecule has 2 rings (SSSR count). The van der Waals surface area contributed by atoms with Crippen LogP contribution in [0.1, 0.15) is 30.7 Å². The number of hydrogen-bond donors (Lipinski definition) is 1. The van der Waals surface area contributed by atoms with Crippen molar-refractivity contribution in [2.45, 2.75) is 39.7 Å². The van der Waals surface area contributed by atoms with E-state index in [0.717, 1.165) is 13.0 Å². The minimum absolute atomic E-state index is 0.551. The van der Waals surface area contributed by atoms with Gasteiger partial charge in [0.1, 0.15) is 0 Å². The molecule has 1 nitrogen and oxygen atoms in total. The van der Waals surface area contributed by atoms with Gasteiger partial charge in [-0.2, -0.15) is 0 Å². The first kappa shape index (κ1) is 14.3. The quantitative estimate of drug-likeness (QED) is 0.807. The van der Waals surface area contributed by atoms with Gasteiger partial charge in [-0.3, -0.25) is 0 Å². The summed E-state index contributed by atoms with van der Waals surface area (Å²) < 4.78 is 0. The molecule has 0 saturated carbocycles. The molecular weight excluding hydrogens is 250 g/mol. The number of hydrogen-bond acceptors (Lipinski definition) is 2. The van der Waals surface area contributed by atoms with Crippen molar-refractivity contribution in [1.82, 2.24) is 5.32 Å². The Kier molecular flexibility index (Phi) is 5.17. The van der Waals surface area contributed by atoms with Gasteiger partial charge in [-0.1, -0.05) is 31.2 Å². The van der Waals surface area contributed by atoms with E-state index in [0.29, 0.717) is 6.04 Å². The molecule has 0 aliphatic rings. The van der Waals surface area contributed by atoms with Gasteiger partial charge in [0.15, 0.2) is 0 Å². The summed E-state index contributed by atoms with van der Waals surface area (Å²) in [4.78, 5) is 2.73. The second kappa shape index (κ2) is 6.88. The Morgan fingerprint density at radius 1 is 1.11 bits per heavy atom. The summed E-state index contributed by atoms with van der Waals surface area (Å²) >= 11 is 1.86. The lowest BCUT2D eigenvalue weighted by atomic mass is 10.0. The number of benzene rings is 1. The zero-order valence-electron chi connectivity index (χ0n) is 12.1. The first-order chi connectivity index (χ1) is 9.19. The van der Waals surface area contributed by atoms with Gasteiger partial charge in [-0.15, -0.1) is 11.3 Å². The summed E-state index contributed by atoms with van der Waals surface area (Å²) in [6.45, 7) is 7.72. The fourth-order valence-electron chi connectivity index (χ4n) is 2.21. The molecule has 2 heteroatoms. The summed E-state index contributed by atoms with van der Waals surface area (Å²) in [5, 5.41) is 3.53. The highest BCUT2D eigenvalue weighted by molar-refractivity contribution is 7.15. The Morgan fingerprint density at radius 3 is 2.42 bits per heavy atom. The first-order valence-electron chi connectivity index (χ1n) is 7.08. The van der Waals surface area contributed by atoms with Crippen molar-refractivity contribution < 1.29 is 0 Å². The molecule has 0 fully saturated rings. The molecule has 0 amide bonds. The molecule has 0 aliphatic heterocycles. The average Bonchev–Trinajstić information content (AvgIpc) is 2.84. The van der Waals surface area contributed by atoms with E-state index in [9.17, 15) is 0 Å². The third-order valence-electron chi connectivity index (χ3n) is 3.26. The maximum Gasteiger partial charge on any atom is 0.0345 e. The Balaban J connectivity index is 1.98. The van der Waals surface area contributed by atoms with E-state index in [1.165, 1.54) is 27.3 Å². The van der Waals surface area contributed by atoms with Crippen molar-refractivity contribution >= 4 is 11.3 Å². The van der Waals surface area contributed by atoms with Crippen LogP contribution in [-0.2, 0) is 6.42 Å². The van der Waals surface area contributed by atoms with E-state index in [-0.39, 0.29) is 0 Å². The van der Waals surface area contributed by atoms with Crippen molar-refractivity contribution in [3.8, 4) is 10.4 Å². The summed E-state index contributed by atoms with van der Waals surface area (Å²) in [6, 6.07) is 13.9. The van der Waals surface area contributed by atoms with Gasteiger partial charge in [0.25, 0.3) is 0 Å².